The van der Waals surface area contributed by atoms with Crippen LogP contribution in [0.4, 0.5) is 11.4 Å². The second kappa shape index (κ2) is 9.71. The number of non-ortho nitro benzene ring substituents is 1. The van der Waals surface area contributed by atoms with Crippen LogP contribution in [0.3, 0.4) is 0 Å². The lowest BCUT2D eigenvalue weighted by molar-refractivity contribution is -0.384. The molecular formula is C17H23N3O6. The van der Waals surface area contributed by atoms with Gasteiger partial charge in [-0.25, -0.2) is 4.79 Å². The van der Waals surface area contributed by atoms with E-state index < -0.39 is 17.5 Å². The van der Waals surface area contributed by atoms with Gasteiger partial charge in [0.05, 0.1) is 17.1 Å². The molecule has 1 saturated carbocycles. The number of hydrogen-bond donors (Lipinski definition) is 2. The van der Waals surface area contributed by atoms with Gasteiger partial charge in [-0.1, -0.05) is 12.8 Å². The molecule has 0 aliphatic heterocycles. The molecule has 0 bridgehead atoms. The number of nitrogens with one attached hydrogen (secondary N) is 2. The van der Waals surface area contributed by atoms with Gasteiger partial charge in [-0.3, -0.25) is 14.9 Å². The number of nitrogens with zero attached hydrogens (tertiary/aromatic N) is 1. The number of esters is 1. The monoisotopic (exact) mass is 365 g/mol. The summed E-state index contributed by atoms with van der Waals surface area (Å²) in [6.45, 7) is 0.390. The van der Waals surface area contributed by atoms with Crippen molar-refractivity contribution in [3.8, 4) is 0 Å². The molecule has 142 valence electrons. The van der Waals surface area contributed by atoms with Crippen LogP contribution in [0.25, 0.3) is 0 Å². The minimum atomic E-state index is -0.796. The zero-order valence-electron chi connectivity index (χ0n) is 14.7. The van der Waals surface area contributed by atoms with Gasteiger partial charge in [0.25, 0.3) is 11.6 Å². The maximum absolute atomic E-state index is 12.3. The van der Waals surface area contributed by atoms with Gasteiger partial charge in [-0.05, 0) is 18.9 Å². The molecule has 0 atom stereocenters. The Kier molecular flexibility index (Phi) is 7.34. The molecule has 0 heterocycles. The van der Waals surface area contributed by atoms with Crippen LogP contribution in [-0.2, 0) is 14.3 Å². The third-order valence-electron chi connectivity index (χ3n) is 4.11. The molecule has 1 fully saturated rings. The van der Waals surface area contributed by atoms with Gasteiger partial charge in [0.2, 0.25) is 0 Å². The Balaban J connectivity index is 2.00. The number of rotatable bonds is 9. The van der Waals surface area contributed by atoms with Crippen molar-refractivity contribution >= 4 is 23.3 Å². The Hall–Kier alpha value is -2.68. The van der Waals surface area contributed by atoms with E-state index in [9.17, 15) is 19.7 Å². The highest BCUT2D eigenvalue weighted by molar-refractivity contribution is 5.97. The van der Waals surface area contributed by atoms with Crippen molar-refractivity contribution in [2.45, 2.75) is 31.7 Å². The van der Waals surface area contributed by atoms with Crippen LogP contribution in [0.5, 0.6) is 0 Å². The molecule has 1 aromatic carbocycles. The van der Waals surface area contributed by atoms with Gasteiger partial charge in [0, 0.05) is 37.5 Å². The second-order valence-corrected chi connectivity index (χ2v) is 6.03. The van der Waals surface area contributed by atoms with Crippen molar-refractivity contribution in [2.24, 2.45) is 0 Å². The third-order valence-corrected chi connectivity index (χ3v) is 4.11. The first-order chi connectivity index (χ1) is 12.5. The molecule has 1 aromatic rings. The normalized spacial score (nSPS) is 14.0. The number of nitro groups is 1. The van der Waals surface area contributed by atoms with Gasteiger partial charge in [-0.15, -0.1) is 0 Å². The van der Waals surface area contributed by atoms with Crippen LogP contribution < -0.4 is 10.6 Å². The molecule has 1 aliphatic carbocycles. The average molecular weight is 365 g/mol. The zero-order chi connectivity index (χ0) is 18.9. The van der Waals surface area contributed by atoms with E-state index in [4.69, 9.17) is 9.47 Å². The third kappa shape index (κ3) is 5.69. The molecule has 0 spiro atoms. The first-order valence-corrected chi connectivity index (χ1v) is 8.49. The first-order valence-electron chi connectivity index (χ1n) is 8.49. The van der Waals surface area contributed by atoms with E-state index >= 15 is 0 Å². The average Bonchev–Trinajstić information content (AvgIpc) is 3.13. The van der Waals surface area contributed by atoms with Crippen LogP contribution in [0.15, 0.2) is 18.2 Å². The Morgan fingerprint density at radius 3 is 2.69 bits per heavy atom. The number of hydrogen-bond acceptors (Lipinski definition) is 7. The molecule has 0 radical (unpaired) electrons. The second-order valence-electron chi connectivity index (χ2n) is 6.03. The van der Waals surface area contributed by atoms with Crippen molar-refractivity contribution in [1.29, 1.82) is 0 Å². The summed E-state index contributed by atoms with van der Waals surface area (Å²) < 4.78 is 9.97. The minimum absolute atomic E-state index is 0.00368. The van der Waals surface area contributed by atoms with E-state index in [0.29, 0.717) is 18.8 Å². The lowest BCUT2D eigenvalue weighted by Crippen LogP contribution is -2.36. The molecule has 1 aliphatic rings. The zero-order valence-corrected chi connectivity index (χ0v) is 14.7. The van der Waals surface area contributed by atoms with E-state index in [1.165, 1.54) is 19.2 Å². The quantitative estimate of drug-likeness (QED) is 0.297. The van der Waals surface area contributed by atoms with Crippen LogP contribution in [0, 0.1) is 10.1 Å². The number of carbonyl (C=O) groups is 2. The summed E-state index contributed by atoms with van der Waals surface area (Å²) in [7, 11) is 1.54. The molecule has 9 heteroatoms. The molecular weight excluding hydrogens is 342 g/mol. The topological polar surface area (TPSA) is 120 Å². The summed E-state index contributed by atoms with van der Waals surface area (Å²) in [5.41, 5.74) is 0.155. The largest absolute Gasteiger partial charge is 0.452 e. The predicted octanol–water partition coefficient (Wildman–Crippen LogP) is 1.87. The number of methoxy groups -OCH3 is 1. The summed E-state index contributed by atoms with van der Waals surface area (Å²) in [5, 5.41) is 16.7. The van der Waals surface area contributed by atoms with Gasteiger partial charge in [0.1, 0.15) is 0 Å². The summed E-state index contributed by atoms with van der Waals surface area (Å²) in [6.07, 6.45) is 4.01. The molecule has 0 unspecified atom stereocenters. The smallest absolute Gasteiger partial charge is 0.341 e. The van der Waals surface area contributed by atoms with Gasteiger partial charge in [-0.2, -0.15) is 0 Å². The number of ether oxygens (including phenoxy) is 2. The van der Waals surface area contributed by atoms with Crippen LogP contribution in [0.2, 0.25) is 0 Å². The maximum Gasteiger partial charge on any atom is 0.341 e. The molecule has 0 saturated heterocycles. The van der Waals surface area contributed by atoms with Crippen molar-refractivity contribution in [2.75, 3.05) is 32.2 Å². The molecule has 2 N–H and O–H groups in total. The molecule has 1 amide bonds. The number of carbonyl (C=O) groups excluding carboxylic acids is 2. The maximum atomic E-state index is 12.3. The fraction of sp³-hybridized carbons (Fsp3) is 0.529. The van der Waals surface area contributed by atoms with E-state index in [0.717, 1.165) is 31.7 Å². The summed E-state index contributed by atoms with van der Waals surface area (Å²) in [6, 6.07) is 3.99. The summed E-state index contributed by atoms with van der Waals surface area (Å²) in [5.74, 6) is -1.17. The lowest BCUT2D eigenvalue weighted by atomic mass is 10.1. The van der Waals surface area contributed by atoms with Crippen molar-refractivity contribution in [1.82, 2.24) is 5.32 Å². The molecule has 26 heavy (non-hydrogen) atoms. The highest BCUT2D eigenvalue weighted by Crippen LogP contribution is 2.23. The van der Waals surface area contributed by atoms with Crippen LogP contribution >= 0.6 is 0 Å². The highest BCUT2D eigenvalue weighted by Gasteiger charge is 2.21. The van der Waals surface area contributed by atoms with E-state index in [-0.39, 0.29) is 23.2 Å². The standard InChI is InChI=1S/C17H23N3O6/c1-25-9-8-18-15-7-6-13(20(23)24)10-14(15)17(22)26-11-16(21)19-12-4-2-3-5-12/h6-7,10,12,18H,2-5,8-9,11H2,1H3,(H,19,21). The number of nitro benzene ring substituents is 1. The van der Waals surface area contributed by atoms with E-state index in [1.807, 2.05) is 0 Å². The number of benzene rings is 1. The summed E-state index contributed by atoms with van der Waals surface area (Å²) >= 11 is 0. The van der Waals surface area contributed by atoms with Crippen LogP contribution in [0.1, 0.15) is 36.0 Å². The highest BCUT2D eigenvalue weighted by atomic mass is 16.6. The van der Waals surface area contributed by atoms with E-state index in [2.05, 4.69) is 10.6 Å². The van der Waals surface area contributed by atoms with Crippen molar-refractivity contribution in [3.63, 3.8) is 0 Å². The Morgan fingerprint density at radius 1 is 1.31 bits per heavy atom. The van der Waals surface area contributed by atoms with Crippen molar-refractivity contribution < 1.29 is 24.0 Å². The minimum Gasteiger partial charge on any atom is -0.452 e. The van der Waals surface area contributed by atoms with Gasteiger partial charge >= 0.3 is 5.97 Å². The molecule has 2 rings (SSSR count). The SMILES string of the molecule is COCCNc1ccc([N+](=O)[O-])cc1C(=O)OCC(=O)NC1CCCC1. The lowest BCUT2D eigenvalue weighted by Gasteiger charge is -2.13. The van der Waals surface area contributed by atoms with E-state index in [1.54, 1.807) is 0 Å². The fourth-order valence-corrected chi connectivity index (χ4v) is 2.80. The van der Waals surface area contributed by atoms with Gasteiger partial charge < -0.3 is 20.1 Å². The van der Waals surface area contributed by atoms with Gasteiger partial charge in [0.15, 0.2) is 6.61 Å². The predicted molar refractivity (Wildman–Crippen MR) is 94.1 cm³/mol. The summed E-state index contributed by atoms with van der Waals surface area (Å²) in [4.78, 5) is 34.6. The fourth-order valence-electron chi connectivity index (χ4n) is 2.80. The Labute approximate surface area is 151 Å². The first kappa shape index (κ1) is 19.6. The molecule has 0 aromatic heterocycles. The van der Waals surface area contributed by atoms with Crippen molar-refractivity contribution in [3.05, 3.63) is 33.9 Å². The Morgan fingerprint density at radius 2 is 2.04 bits per heavy atom. The van der Waals surface area contributed by atoms with Crippen LogP contribution in [-0.4, -0.2) is 49.7 Å². The Bertz CT molecular complexity index is 658. The molecule has 9 nitrogen and oxygen atoms in total. The number of anilines is 1. The number of amides is 1.